The fourth-order valence-corrected chi connectivity index (χ4v) is 2.73. The zero-order valence-corrected chi connectivity index (χ0v) is 14.9. The number of amides is 2. The maximum Gasteiger partial charge on any atom is 0.313 e. The monoisotopic (exact) mass is 342 g/mol. The van der Waals surface area contributed by atoms with Crippen LogP contribution in [0.3, 0.4) is 0 Å². The molecule has 5 heteroatoms. The van der Waals surface area contributed by atoms with Gasteiger partial charge in [0.25, 0.3) is 0 Å². The van der Waals surface area contributed by atoms with Crippen molar-refractivity contribution >= 4 is 28.3 Å². The van der Waals surface area contributed by atoms with Gasteiger partial charge in [0.2, 0.25) is 0 Å². The van der Waals surface area contributed by atoms with Gasteiger partial charge in [-0.1, -0.05) is 51.0 Å². The van der Waals surface area contributed by atoms with E-state index < -0.39 is 11.8 Å². The second-order valence-corrected chi connectivity index (χ2v) is 6.13. The molecule has 25 heavy (non-hydrogen) atoms. The van der Waals surface area contributed by atoms with E-state index in [1.807, 2.05) is 0 Å². The summed E-state index contributed by atoms with van der Waals surface area (Å²) < 4.78 is 0. The standard InChI is InChI=1S/C20H26N2O3/c1-3-5-13-22(14-6-4-2)20(25)19(24)21-17-11-7-10-16-15(17)9-8-12-18(16)23/h7-12,23H,3-6,13-14H2,1-2H3,(H,21,24). The maximum atomic E-state index is 12.5. The highest BCUT2D eigenvalue weighted by atomic mass is 16.3. The molecule has 134 valence electrons. The van der Waals surface area contributed by atoms with E-state index in [9.17, 15) is 14.7 Å². The second kappa shape index (κ2) is 9.06. The van der Waals surface area contributed by atoms with E-state index in [1.54, 1.807) is 41.3 Å². The van der Waals surface area contributed by atoms with Crippen molar-refractivity contribution in [1.82, 2.24) is 4.90 Å². The molecule has 0 heterocycles. The summed E-state index contributed by atoms with van der Waals surface area (Å²) in [5.74, 6) is -0.991. The Bertz CT molecular complexity index is 735. The molecule has 5 nitrogen and oxygen atoms in total. The molecule has 0 saturated heterocycles. The third kappa shape index (κ3) is 4.72. The first-order chi connectivity index (χ1) is 12.1. The summed E-state index contributed by atoms with van der Waals surface area (Å²) in [5.41, 5.74) is 0.526. The first-order valence-electron chi connectivity index (χ1n) is 8.89. The Hall–Kier alpha value is -2.56. The van der Waals surface area contributed by atoms with Crippen LogP contribution in [0.4, 0.5) is 5.69 Å². The lowest BCUT2D eigenvalue weighted by Crippen LogP contribution is -2.40. The van der Waals surface area contributed by atoms with Gasteiger partial charge in [0, 0.05) is 29.5 Å². The molecule has 2 amide bonds. The van der Waals surface area contributed by atoms with Crippen LogP contribution >= 0.6 is 0 Å². The number of fused-ring (bicyclic) bond motifs is 1. The average molecular weight is 342 g/mol. The normalized spacial score (nSPS) is 10.6. The van der Waals surface area contributed by atoms with Crippen LogP contribution in [0.2, 0.25) is 0 Å². The quantitative estimate of drug-likeness (QED) is 0.750. The highest BCUT2D eigenvalue weighted by molar-refractivity contribution is 6.40. The summed E-state index contributed by atoms with van der Waals surface area (Å²) in [6.45, 7) is 5.31. The van der Waals surface area contributed by atoms with Crippen LogP contribution < -0.4 is 5.32 Å². The van der Waals surface area contributed by atoms with Crippen LogP contribution in [0.1, 0.15) is 39.5 Å². The van der Waals surface area contributed by atoms with Crippen LogP contribution in [0.5, 0.6) is 5.75 Å². The van der Waals surface area contributed by atoms with E-state index >= 15 is 0 Å². The molecular weight excluding hydrogens is 316 g/mol. The molecule has 2 N–H and O–H groups in total. The highest BCUT2D eigenvalue weighted by Gasteiger charge is 2.21. The SMILES string of the molecule is CCCCN(CCCC)C(=O)C(=O)Nc1cccc2c(O)cccc12. The molecule has 0 saturated carbocycles. The number of benzene rings is 2. The van der Waals surface area contributed by atoms with Gasteiger partial charge in [-0.05, 0) is 25.0 Å². The van der Waals surface area contributed by atoms with Crippen LogP contribution in [-0.4, -0.2) is 34.9 Å². The van der Waals surface area contributed by atoms with Gasteiger partial charge >= 0.3 is 11.8 Å². The van der Waals surface area contributed by atoms with Crippen molar-refractivity contribution in [2.75, 3.05) is 18.4 Å². The number of rotatable bonds is 7. The van der Waals surface area contributed by atoms with Gasteiger partial charge in [-0.25, -0.2) is 0 Å². The second-order valence-electron chi connectivity index (χ2n) is 6.13. The number of phenols is 1. The molecule has 0 bridgehead atoms. The van der Waals surface area contributed by atoms with Gasteiger partial charge in [0.1, 0.15) is 5.75 Å². The Morgan fingerprint density at radius 3 is 2.20 bits per heavy atom. The number of hydrogen-bond acceptors (Lipinski definition) is 3. The zero-order chi connectivity index (χ0) is 18.2. The Balaban J connectivity index is 2.17. The van der Waals surface area contributed by atoms with Crippen molar-refractivity contribution in [3.05, 3.63) is 36.4 Å². The molecule has 2 rings (SSSR count). The van der Waals surface area contributed by atoms with Gasteiger partial charge in [0.15, 0.2) is 0 Å². The number of unbranched alkanes of at least 4 members (excludes halogenated alkanes) is 2. The van der Waals surface area contributed by atoms with E-state index in [4.69, 9.17) is 0 Å². The molecule has 0 spiro atoms. The number of nitrogens with zero attached hydrogens (tertiary/aromatic N) is 1. The van der Waals surface area contributed by atoms with Crippen molar-refractivity contribution < 1.29 is 14.7 Å². The van der Waals surface area contributed by atoms with E-state index in [0.29, 0.717) is 29.5 Å². The van der Waals surface area contributed by atoms with Crippen LogP contribution in [0.25, 0.3) is 10.8 Å². The summed E-state index contributed by atoms with van der Waals surface area (Å²) >= 11 is 0. The van der Waals surface area contributed by atoms with Crippen LogP contribution in [0, 0.1) is 0 Å². The number of nitrogens with one attached hydrogen (secondary N) is 1. The summed E-state index contributed by atoms with van der Waals surface area (Å²) in [6, 6.07) is 10.4. The molecule has 2 aromatic rings. The van der Waals surface area contributed by atoms with E-state index in [-0.39, 0.29) is 5.75 Å². The molecule has 0 aliphatic carbocycles. The van der Waals surface area contributed by atoms with E-state index in [1.165, 1.54) is 0 Å². The van der Waals surface area contributed by atoms with Gasteiger partial charge < -0.3 is 15.3 Å². The lowest BCUT2D eigenvalue weighted by molar-refractivity contribution is -0.143. The lowest BCUT2D eigenvalue weighted by Gasteiger charge is -2.22. The largest absolute Gasteiger partial charge is 0.507 e. The smallest absolute Gasteiger partial charge is 0.313 e. The number of phenolic OH excluding ortho intramolecular Hbond substituents is 1. The fraction of sp³-hybridized carbons (Fsp3) is 0.400. The third-order valence-corrected chi connectivity index (χ3v) is 4.19. The minimum absolute atomic E-state index is 0.146. The topological polar surface area (TPSA) is 69.6 Å². The highest BCUT2D eigenvalue weighted by Crippen LogP contribution is 2.29. The Morgan fingerprint density at radius 1 is 0.960 bits per heavy atom. The first-order valence-corrected chi connectivity index (χ1v) is 8.89. The maximum absolute atomic E-state index is 12.5. The van der Waals surface area contributed by atoms with Crippen molar-refractivity contribution in [3.8, 4) is 5.75 Å². The average Bonchev–Trinajstić information content (AvgIpc) is 2.62. The van der Waals surface area contributed by atoms with Crippen molar-refractivity contribution in [2.45, 2.75) is 39.5 Å². The molecule has 0 fully saturated rings. The predicted molar refractivity (Wildman–Crippen MR) is 101 cm³/mol. The fourth-order valence-electron chi connectivity index (χ4n) is 2.73. The number of anilines is 1. The first kappa shape index (κ1) is 18.8. The van der Waals surface area contributed by atoms with E-state index in [0.717, 1.165) is 25.7 Å². The molecule has 2 aromatic carbocycles. The third-order valence-electron chi connectivity index (χ3n) is 4.19. The molecule has 0 aromatic heterocycles. The Kier molecular flexibility index (Phi) is 6.81. The molecule has 0 aliphatic heterocycles. The van der Waals surface area contributed by atoms with Gasteiger partial charge in [0.05, 0.1) is 0 Å². The van der Waals surface area contributed by atoms with E-state index in [2.05, 4.69) is 19.2 Å². The number of hydrogen-bond donors (Lipinski definition) is 2. The minimum Gasteiger partial charge on any atom is -0.507 e. The molecule has 0 aliphatic rings. The molecule has 0 atom stereocenters. The summed E-state index contributed by atoms with van der Waals surface area (Å²) in [7, 11) is 0. The number of aromatic hydroxyl groups is 1. The zero-order valence-electron chi connectivity index (χ0n) is 14.9. The Morgan fingerprint density at radius 2 is 1.56 bits per heavy atom. The van der Waals surface area contributed by atoms with Crippen LogP contribution in [-0.2, 0) is 9.59 Å². The van der Waals surface area contributed by atoms with Gasteiger partial charge in [-0.2, -0.15) is 0 Å². The van der Waals surface area contributed by atoms with Crippen LogP contribution in [0.15, 0.2) is 36.4 Å². The van der Waals surface area contributed by atoms with Gasteiger partial charge in [-0.15, -0.1) is 0 Å². The predicted octanol–water partition coefficient (Wildman–Crippen LogP) is 3.91. The minimum atomic E-state index is -0.636. The molecular formula is C20H26N2O3. The summed E-state index contributed by atoms with van der Waals surface area (Å²) in [4.78, 5) is 26.6. The molecule has 0 radical (unpaired) electrons. The summed E-state index contributed by atoms with van der Waals surface area (Å²) in [5, 5.41) is 14.0. The number of carbonyl (C=O) groups excluding carboxylic acids is 2. The molecule has 0 unspecified atom stereocenters. The van der Waals surface area contributed by atoms with Crippen molar-refractivity contribution in [3.63, 3.8) is 0 Å². The van der Waals surface area contributed by atoms with Crippen molar-refractivity contribution in [2.24, 2.45) is 0 Å². The Labute approximate surface area is 148 Å². The van der Waals surface area contributed by atoms with Crippen molar-refractivity contribution in [1.29, 1.82) is 0 Å². The summed E-state index contributed by atoms with van der Waals surface area (Å²) in [6.07, 6.45) is 3.70. The van der Waals surface area contributed by atoms with Gasteiger partial charge in [-0.3, -0.25) is 9.59 Å². The number of carbonyl (C=O) groups is 2. The lowest BCUT2D eigenvalue weighted by atomic mass is 10.1.